The lowest BCUT2D eigenvalue weighted by Crippen LogP contribution is -2.43. The first-order valence-corrected chi connectivity index (χ1v) is 5.88. The van der Waals surface area contributed by atoms with E-state index >= 15 is 0 Å². The number of amides is 1. The molecule has 5 heteroatoms. The summed E-state index contributed by atoms with van der Waals surface area (Å²) in [5.41, 5.74) is 5.69. The Morgan fingerprint density at radius 1 is 1.28 bits per heavy atom. The van der Waals surface area contributed by atoms with Crippen LogP contribution in [0.2, 0.25) is 0 Å². The molecule has 1 fully saturated rings. The van der Waals surface area contributed by atoms with E-state index in [9.17, 15) is 9.59 Å². The lowest BCUT2D eigenvalue weighted by Gasteiger charge is -2.25. The Morgan fingerprint density at radius 3 is 2.33 bits per heavy atom. The highest BCUT2D eigenvalue weighted by Gasteiger charge is 2.51. The third-order valence-corrected chi connectivity index (χ3v) is 3.30. The monoisotopic (exact) mass is 248 g/mol. The van der Waals surface area contributed by atoms with E-state index in [1.807, 2.05) is 6.07 Å². The number of nitrogens with zero attached hydrogens (tertiary/aromatic N) is 1. The molecule has 1 saturated carbocycles. The van der Waals surface area contributed by atoms with Gasteiger partial charge in [-0.1, -0.05) is 18.2 Å². The minimum atomic E-state index is -1.03. The second-order valence-electron chi connectivity index (χ2n) is 4.61. The highest BCUT2D eigenvalue weighted by molar-refractivity contribution is 6.02. The Kier molecular flexibility index (Phi) is 3.34. The largest absolute Gasteiger partial charge is 0.480 e. The van der Waals surface area contributed by atoms with Crippen molar-refractivity contribution < 1.29 is 14.7 Å². The normalized spacial score (nSPS) is 16.1. The van der Waals surface area contributed by atoms with Crippen LogP contribution in [0.5, 0.6) is 0 Å². The van der Waals surface area contributed by atoms with Crippen LogP contribution in [0.1, 0.15) is 12.8 Å². The van der Waals surface area contributed by atoms with Crippen LogP contribution in [0.4, 0.5) is 5.69 Å². The summed E-state index contributed by atoms with van der Waals surface area (Å²) in [6.45, 7) is -0.0562. The Hall–Kier alpha value is -1.88. The van der Waals surface area contributed by atoms with Gasteiger partial charge >= 0.3 is 5.97 Å². The second kappa shape index (κ2) is 4.78. The highest BCUT2D eigenvalue weighted by Crippen LogP contribution is 2.46. The molecule has 0 saturated heterocycles. The van der Waals surface area contributed by atoms with Gasteiger partial charge in [-0.2, -0.15) is 0 Å². The standard InChI is InChI=1S/C13H16N2O3/c14-9-13(6-7-13)12(18)15(8-11(16)17)10-4-2-1-3-5-10/h1-5H,6-9,14H2,(H,16,17). The first kappa shape index (κ1) is 12.6. The van der Waals surface area contributed by atoms with Crippen LogP contribution < -0.4 is 10.6 Å². The SMILES string of the molecule is NCC1(C(=O)N(CC(=O)O)c2ccccc2)CC1. The molecule has 0 aliphatic heterocycles. The van der Waals surface area contributed by atoms with Crippen LogP contribution in [-0.4, -0.2) is 30.1 Å². The summed E-state index contributed by atoms with van der Waals surface area (Å²) in [5, 5.41) is 8.93. The zero-order chi connectivity index (χ0) is 13.2. The van der Waals surface area contributed by atoms with E-state index in [0.29, 0.717) is 5.69 Å². The summed E-state index contributed by atoms with van der Waals surface area (Å²) < 4.78 is 0. The van der Waals surface area contributed by atoms with Gasteiger partial charge in [0.05, 0.1) is 5.41 Å². The van der Waals surface area contributed by atoms with Crippen LogP contribution in [0.25, 0.3) is 0 Å². The van der Waals surface area contributed by atoms with Gasteiger partial charge in [0.15, 0.2) is 0 Å². The average molecular weight is 248 g/mol. The van der Waals surface area contributed by atoms with Crippen molar-refractivity contribution in [3.63, 3.8) is 0 Å². The summed E-state index contributed by atoms with van der Waals surface area (Å²) in [4.78, 5) is 24.6. The van der Waals surface area contributed by atoms with Crippen molar-refractivity contribution in [3.8, 4) is 0 Å². The first-order valence-electron chi connectivity index (χ1n) is 5.88. The number of hydrogen-bond acceptors (Lipinski definition) is 3. The van der Waals surface area contributed by atoms with E-state index in [2.05, 4.69) is 0 Å². The van der Waals surface area contributed by atoms with Gasteiger partial charge in [-0.05, 0) is 25.0 Å². The van der Waals surface area contributed by atoms with E-state index < -0.39 is 11.4 Å². The molecule has 18 heavy (non-hydrogen) atoms. The number of rotatable bonds is 5. The average Bonchev–Trinajstić information content (AvgIpc) is 3.17. The van der Waals surface area contributed by atoms with Gasteiger partial charge in [0.2, 0.25) is 5.91 Å². The van der Waals surface area contributed by atoms with Crippen LogP contribution in [0, 0.1) is 5.41 Å². The van der Waals surface area contributed by atoms with Crippen LogP contribution in [0.3, 0.4) is 0 Å². The molecule has 3 N–H and O–H groups in total. The third-order valence-electron chi connectivity index (χ3n) is 3.30. The molecule has 0 aromatic heterocycles. The van der Waals surface area contributed by atoms with Gasteiger partial charge in [0.25, 0.3) is 0 Å². The predicted octanol–water partition coefficient (Wildman–Crippen LogP) is 0.843. The number of carbonyl (C=O) groups excluding carboxylic acids is 1. The lowest BCUT2D eigenvalue weighted by atomic mass is 10.1. The zero-order valence-electron chi connectivity index (χ0n) is 10.0. The Morgan fingerprint density at radius 2 is 1.89 bits per heavy atom. The van der Waals surface area contributed by atoms with Gasteiger partial charge < -0.3 is 15.7 Å². The van der Waals surface area contributed by atoms with Gasteiger partial charge in [0.1, 0.15) is 6.54 Å². The first-order chi connectivity index (χ1) is 8.59. The number of nitrogens with two attached hydrogens (primary N) is 1. The van der Waals surface area contributed by atoms with Crippen molar-refractivity contribution in [2.75, 3.05) is 18.0 Å². The number of anilines is 1. The number of carbonyl (C=O) groups is 2. The molecule has 0 atom stereocenters. The fraction of sp³-hybridized carbons (Fsp3) is 0.385. The molecule has 1 aromatic rings. The summed E-state index contributed by atoms with van der Waals surface area (Å²) >= 11 is 0. The summed E-state index contributed by atoms with van der Waals surface area (Å²) in [6.07, 6.45) is 1.48. The quantitative estimate of drug-likeness (QED) is 0.809. The van der Waals surface area contributed by atoms with Crippen molar-refractivity contribution in [1.82, 2.24) is 0 Å². The maximum Gasteiger partial charge on any atom is 0.323 e. The molecule has 1 amide bonds. The predicted molar refractivity (Wildman–Crippen MR) is 67.2 cm³/mol. The van der Waals surface area contributed by atoms with Crippen molar-refractivity contribution in [1.29, 1.82) is 0 Å². The Balaban J connectivity index is 2.26. The number of para-hydroxylation sites is 1. The number of hydrogen-bond donors (Lipinski definition) is 2. The van der Waals surface area contributed by atoms with E-state index in [1.165, 1.54) is 4.90 Å². The fourth-order valence-electron chi connectivity index (χ4n) is 1.97. The minimum Gasteiger partial charge on any atom is -0.480 e. The minimum absolute atomic E-state index is 0.182. The highest BCUT2D eigenvalue weighted by atomic mass is 16.4. The molecule has 1 aliphatic carbocycles. The van der Waals surface area contributed by atoms with Crippen molar-refractivity contribution in [2.45, 2.75) is 12.8 Å². The number of carboxylic acid groups (broad SMARTS) is 1. The van der Waals surface area contributed by atoms with Gasteiger partial charge in [-0.3, -0.25) is 9.59 Å². The second-order valence-corrected chi connectivity index (χ2v) is 4.61. The fourth-order valence-corrected chi connectivity index (χ4v) is 1.97. The van der Waals surface area contributed by atoms with Crippen molar-refractivity contribution in [2.24, 2.45) is 11.1 Å². The van der Waals surface area contributed by atoms with Gasteiger partial charge in [0, 0.05) is 12.2 Å². The van der Waals surface area contributed by atoms with Gasteiger partial charge in [-0.15, -0.1) is 0 Å². The van der Waals surface area contributed by atoms with Gasteiger partial charge in [-0.25, -0.2) is 0 Å². The van der Waals surface area contributed by atoms with Crippen molar-refractivity contribution in [3.05, 3.63) is 30.3 Å². The molecular formula is C13H16N2O3. The maximum absolute atomic E-state index is 12.4. The molecule has 96 valence electrons. The van der Waals surface area contributed by atoms with E-state index in [0.717, 1.165) is 12.8 Å². The molecule has 0 unspecified atom stereocenters. The number of aliphatic carboxylic acids is 1. The molecule has 0 radical (unpaired) electrons. The Bertz CT molecular complexity index is 455. The zero-order valence-corrected chi connectivity index (χ0v) is 10.0. The molecule has 5 nitrogen and oxygen atoms in total. The van der Waals surface area contributed by atoms with E-state index in [1.54, 1.807) is 24.3 Å². The molecular weight excluding hydrogens is 232 g/mol. The lowest BCUT2D eigenvalue weighted by molar-refractivity contribution is -0.137. The van der Waals surface area contributed by atoms with Crippen LogP contribution >= 0.6 is 0 Å². The summed E-state index contributed by atoms with van der Waals surface area (Å²) in [6, 6.07) is 8.84. The third kappa shape index (κ3) is 2.36. The van der Waals surface area contributed by atoms with Crippen LogP contribution in [-0.2, 0) is 9.59 Å². The van der Waals surface area contributed by atoms with E-state index in [-0.39, 0.29) is 19.0 Å². The van der Waals surface area contributed by atoms with Crippen LogP contribution in [0.15, 0.2) is 30.3 Å². The molecule has 0 spiro atoms. The molecule has 0 bridgehead atoms. The Labute approximate surface area is 105 Å². The van der Waals surface area contributed by atoms with E-state index in [4.69, 9.17) is 10.8 Å². The molecule has 1 aliphatic rings. The summed E-state index contributed by atoms with van der Waals surface area (Å²) in [5.74, 6) is -1.21. The molecule has 0 heterocycles. The maximum atomic E-state index is 12.4. The smallest absolute Gasteiger partial charge is 0.323 e. The number of benzene rings is 1. The topological polar surface area (TPSA) is 83.6 Å². The van der Waals surface area contributed by atoms with Crippen molar-refractivity contribution >= 4 is 17.6 Å². The molecule has 1 aromatic carbocycles. The molecule has 2 rings (SSSR count). The summed E-state index contributed by atoms with van der Waals surface area (Å²) in [7, 11) is 0. The number of carboxylic acids is 1.